The number of hydrogen-bond donors (Lipinski definition) is 0. The summed E-state index contributed by atoms with van der Waals surface area (Å²) in [5.41, 5.74) is -0.504. The van der Waals surface area contributed by atoms with Gasteiger partial charge in [-0.25, -0.2) is 0 Å². The lowest BCUT2D eigenvalue weighted by molar-refractivity contribution is -0.137. The molecular weight excluding hydrogens is 309 g/mol. The van der Waals surface area contributed by atoms with E-state index >= 15 is 0 Å². The maximum atomic E-state index is 12.4. The number of hydrogen-bond acceptors (Lipinski definition) is 4. The van der Waals surface area contributed by atoms with Gasteiger partial charge < -0.3 is 4.74 Å². The number of pyridine rings is 1. The maximum Gasteiger partial charge on any atom is 0.416 e. The number of rotatable bonds is 5. The van der Waals surface area contributed by atoms with Crippen LogP contribution in [-0.2, 0) is 11.0 Å². The van der Waals surface area contributed by atoms with E-state index in [1.165, 1.54) is 6.20 Å². The van der Waals surface area contributed by atoms with Crippen molar-refractivity contribution in [2.45, 2.75) is 12.1 Å². The number of halogens is 3. The molecule has 0 aliphatic rings. The molecule has 0 N–H and O–H groups in total. The Kier molecular flexibility index (Phi) is 4.96. The third kappa shape index (κ3) is 4.30. The van der Waals surface area contributed by atoms with Gasteiger partial charge in [-0.3, -0.25) is 9.78 Å². The number of nitriles is 1. The van der Waals surface area contributed by atoms with E-state index in [0.29, 0.717) is 5.69 Å². The monoisotopic (exact) mass is 320 g/mol. The zero-order valence-electron chi connectivity index (χ0n) is 11.7. The van der Waals surface area contributed by atoms with Gasteiger partial charge in [0.05, 0.1) is 17.3 Å². The van der Waals surface area contributed by atoms with Gasteiger partial charge >= 0.3 is 6.18 Å². The van der Waals surface area contributed by atoms with Crippen molar-refractivity contribution >= 4 is 5.78 Å². The predicted molar refractivity (Wildman–Crippen MR) is 74.5 cm³/mol. The molecule has 1 aromatic heterocycles. The second kappa shape index (κ2) is 6.92. The van der Waals surface area contributed by atoms with Crippen LogP contribution in [0.5, 0.6) is 5.75 Å². The van der Waals surface area contributed by atoms with Crippen molar-refractivity contribution in [2.24, 2.45) is 0 Å². The molecule has 1 heterocycles. The van der Waals surface area contributed by atoms with Gasteiger partial charge in [0.2, 0.25) is 0 Å². The lowest BCUT2D eigenvalue weighted by atomic mass is 10.0. The summed E-state index contributed by atoms with van der Waals surface area (Å²) in [6.07, 6.45) is -2.97. The fourth-order valence-electron chi connectivity index (χ4n) is 1.83. The fraction of sp³-hybridized carbons (Fsp3) is 0.188. The first-order chi connectivity index (χ1) is 10.9. The third-order valence-electron chi connectivity index (χ3n) is 3.00. The molecular formula is C16H11F3N2O2. The molecule has 1 aromatic carbocycles. The first-order valence-corrected chi connectivity index (χ1v) is 6.55. The Balaban J connectivity index is 2.00. The summed E-state index contributed by atoms with van der Waals surface area (Å²) in [4.78, 5) is 15.9. The number of benzene rings is 1. The summed E-state index contributed by atoms with van der Waals surface area (Å²) >= 11 is 0. The number of carbonyl (C=O) groups is 1. The van der Waals surface area contributed by atoms with Gasteiger partial charge in [0.25, 0.3) is 0 Å². The Hall–Kier alpha value is -2.88. The van der Waals surface area contributed by atoms with E-state index in [1.54, 1.807) is 18.2 Å². The number of nitrogens with zero attached hydrogens (tertiary/aromatic N) is 2. The van der Waals surface area contributed by atoms with Gasteiger partial charge in [0.15, 0.2) is 11.7 Å². The highest BCUT2D eigenvalue weighted by molar-refractivity contribution is 5.89. The van der Waals surface area contributed by atoms with Crippen molar-refractivity contribution in [3.05, 3.63) is 59.9 Å². The molecule has 2 rings (SSSR count). The molecule has 118 valence electrons. The predicted octanol–water partition coefficient (Wildman–Crippen LogP) is 3.36. The van der Waals surface area contributed by atoms with Crippen LogP contribution in [0.15, 0.2) is 48.7 Å². The summed E-state index contributed by atoms with van der Waals surface area (Å²) in [5, 5.41) is 9.08. The van der Waals surface area contributed by atoms with E-state index in [0.717, 1.165) is 24.3 Å². The van der Waals surface area contributed by atoms with Crippen molar-refractivity contribution in [1.82, 2.24) is 4.98 Å². The summed E-state index contributed by atoms with van der Waals surface area (Å²) in [6.45, 7) is -0.430. The standard InChI is InChI=1S/C16H11F3N2O2/c17-16(18,19)11-4-6-12(7-5-11)23-10-15(22)13(9-20)14-3-1-2-8-21-14/h1-8,13H,10H2. The normalized spacial score (nSPS) is 12.3. The van der Waals surface area contributed by atoms with Gasteiger partial charge in [-0.05, 0) is 36.4 Å². The Labute approximate surface area is 130 Å². The highest BCUT2D eigenvalue weighted by Gasteiger charge is 2.30. The van der Waals surface area contributed by atoms with Crippen LogP contribution in [0.25, 0.3) is 0 Å². The van der Waals surface area contributed by atoms with Gasteiger partial charge in [0, 0.05) is 6.20 Å². The minimum atomic E-state index is -4.43. The molecule has 1 atom stereocenters. The number of alkyl halides is 3. The largest absolute Gasteiger partial charge is 0.486 e. The molecule has 1 unspecified atom stereocenters. The van der Waals surface area contributed by atoms with Gasteiger partial charge in [0.1, 0.15) is 12.4 Å². The number of ether oxygens (including phenoxy) is 1. The Morgan fingerprint density at radius 3 is 2.43 bits per heavy atom. The molecule has 0 fully saturated rings. The van der Waals surface area contributed by atoms with E-state index in [4.69, 9.17) is 10.00 Å². The van der Waals surface area contributed by atoms with E-state index < -0.39 is 30.0 Å². The minimum Gasteiger partial charge on any atom is -0.486 e. The summed E-state index contributed by atoms with van der Waals surface area (Å²) in [6, 6.07) is 10.7. The van der Waals surface area contributed by atoms with Crippen LogP contribution < -0.4 is 4.74 Å². The fourth-order valence-corrected chi connectivity index (χ4v) is 1.83. The average molecular weight is 320 g/mol. The van der Waals surface area contributed by atoms with Crippen LogP contribution in [0.1, 0.15) is 17.2 Å². The zero-order chi connectivity index (χ0) is 16.9. The van der Waals surface area contributed by atoms with Crippen LogP contribution >= 0.6 is 0 Å². The number of carbonyl (C=O) groups excluding carboxylic acids is 1. The van der Waals surface area contributed by atoms with Crippen LogP contribution in [0.2, 0.25) is 0 Å². The second-order valence-corrected chi connectivity index (χ2v) is 4.59. The highest BCUT2D eigenvalue weighted by atomic mass is 19.4. The quantitative estimate of drug-likeness (QED) is 0.847. The van der Waals surface area contributed by atoms with Crippen LogP contribution in [0.3, 0.4) is 0 Å². The van der Waals surface area contributed by atoms with E-state index in [-0.39, 0.29) is 5.75 Å². The Morgan fingerprint density at radius 2 is 1.91 bits per heavy atom. The second-order valence-electron chi connectivity index (χ2n) is 4.59. The van der Waals surface area contributed by atoms with Crippen molar-refractivity contribution in [3.63, 3.8) is 0 Å². The summed E-state index contributed by atoms with van der Waals surface area (Å²) < 4.78 is 42.4. The average Bonchev–Trinajstić information content (AvgIpc) is 2.54. The Morgan fingerprint density at radius 1 is 1.22 bits per heavy atom. The lowest BCUT2D eigenvalue weighted by Crippen LogP contribution is -2.19. The smallest absolute Gasteiger partial charge is 0.416 e. The van der Waals surface area contributed by atoms with Gasteiger partial charge in [-0.2, -0.15) is 18.4 Å². The van der Waals surface area contributed by atoms with E-state index in [2.05, 4.69) is 4.98 Å². The molecule has 2 aromatic rings. The molecule has 4 nitrogen and oxygen atoms in total. The molecule has 0 spiro atoms. The molecule has 0 aliphatic carbocycles. The van der Waals surface area contributed by atoms with Crippen molar-refractivity contribution in [2.75, 3.05) is 6.61 Å². The third-order valence-corrected chi connectivity index (χ3v) is 3.00. The van der Waals surface area contributed by atoms with Crippen molar-refractivity contribution < 1.29 is 22.7 Å². The molecule has 0 radical (unpaired) electrons. The Bertz CT molecular complexity index is 707. The van der Waals surface area contributed by atoms with Crippen molar-refractivity contribution in [3.8, 4) is 11.8 Å². The lowest BCUT2D eigenvalue weighted by Gasteiger charge is -2.10. The molecule has 0 saturated heterocycles. The molecule has 0 amide bonds. The van der Waals surface area contributed by atoms with Gasteiger partial charge in [-0.15, -0.1) is 0 Å². The first-order valence-electron chi connectivity index (χ1n) is 6.55. The first kappa shape index (κ1) is 16.5. The van der Waals surface area contributed by atoms with Crippen LogP contribution in [-0.4, -0.2) is 17.4 Å². The maximum absolute atomic E-state index is 12.4. The molecule has 0 bridgehead atoms. The SMILES string of the molecule is N#CC(C(=O)COc1ccc(C(F)(F)F)cc1)c1ccccn1. The van der Waals surface area contributed by atoms with Crippen LogP contribution in [0.4, 0.5) is 13.2 Å². The van der Waals surface area contributed by atoms with Crippen molar-refractivity contribution in [1.29, 1.82) is 5.26 Å². The van der Waals surface area contributed by atoms with E-state index in [9.17, 15) is 18.0 Å². The highest BCUT2D eigenvalue weighted by Crippen LogP contribution is 2.30. The summed E-state index contributed by atoms with van der Waals surface area (Å²) in [5.74, 6) is -1.49. The van der Waals surface area contributed by atoms with Crippen LogP contribution in [0, 0.1) is 11.3 Å². The zero-order valence-corrected chi connectivity index (χ0v) is 11.7. The molecule has 0 saturated carbocycles. The number of ketones is 1. The molecule has 7 heteroatoms. The number of Topliss-reactive ketones (excluding diaryl/α,β-unsaturated/α-hetero) is 1. The molecule has 0 aliphatic heterocycles. The summed E-state index contributed by atoms with van der Waals surface area (Å²) in [7, 11) is 0. The van der Waals surface area contributed by atoms with E-state index in [1.807, 2.05) is 6.07 Å². The molecule has 23 heavy (non-hydrogen) atoms. The topological polar surface area (TPSA) is 63.0 Å². The minimum absolute atomic E-state index is 0.115. The number of aromatic nitrogens is 1. The van der Waals surface area contributed by atoms with Gasteiger partial charge in [-0.1, -0.05) is 6.07 Å².